The molecule has 6 nitrogen and oxygen atoms in total. The van der Waals surface area contributed by atoms with Gasteiger partial charge in [0.15, 0.2) is 0 Å². The van der Waals surface area contributed by atoms with Crippen molar-refractivity contribution in [3.8, 4) is 0 Å². The van der Waals surface area contributed by atoms with Gasteiger partial charge in [-0.25, -0.2) is 0 Å². The molecule has 2 amide bonds. The highest BCUT2D eigenvalue weighted by atomic mass is 16.4. The highest BCUT2D eigenvalue weighted by Crippen LogP contribution is 2.47. The van der Waals surface area contributed by atoms with Crippen molar-refractivity contribution in [3.05, 3.63) is 77.9 Å². The summed E-state index contributed by atoms with van der Waals surface area (Å²) in [6, 6.07) is 18.3. The molecule has 160 valence electrons. The van der Waals surface area contributed by atoms with Crippen LogP contribution in [0.15, 0.2) is 66.7 Å². The molecule has 2 aliphatic rings. The Bertz CT molecular complexity index is 1020. The lowest BCUT2D eigenvalue weighted by atomic mass is 9.73. The Balaban J connectivity index is 1.73. The van der Waals surface area contributed by atoms with Gasteiger partial charge in [0.1, 0.15) is 5.54 Å². The van der Waals surface area contributed by atoms with Gasteiger partial charge in [-0.1, -0.05) is 86.7 Å². The van der Waals surface area contributed by atoms with Crippen molar-refractivity contribution in [1.29, 1.82) is 0 Å². The molecule has 2 saturated heterocycles. The minimum Gasteiger partial charge on any atom is -0.480 e. The molecule has 4 rings (SSSR count). The Morgan fingerprint density at radius 3 is 2.26 bits per heavy atom. The van der Waals surface area contributed by atoms with Gasteiger partial charge in [-0.05, 0) is 17.0 Å². The zero-order chi connectivity index (χ0) is 22.2. The van der Waals surface area contributed by atoms with Crippen LogP contribution in [-0.2, 0) is 20.9 Å². The zero-order valence-corrected chi connectivity index (χ0v) is 17.6. The monoisotopic (exact) mass is 418 g/mol. The number of carboxylic acid groups (broad SMARTS) is 1. The van der Waals surface area contributed by atoms with Crippen LogP contribution in [0.4, 0.5) is 0 Å². The lowest BCUT2D eigenvalue weighted by Gasteiger charge is -2.34. The molecule has 6 heteroatoms. The summed E-state index contributed by atoms with van der Waals surface area (Å²) >= 11 is 0. The third-order valence-electron chi connectivity index (χ3n) is 6.47. The number of likely N-dealkylation sites (tertiary alicyclic amines) is 1. The van der Waals surface area contributed by atoms with Crippen LogP contribution in [-0.4, -0.2) is 39.4 Å². The van der Waals surface area contributed by atoms with Gasteiger partial charge < -0.3 is 5.11 Å². The lowest BCUT2D eigenvalue weighted by molar-refractivity contribution is -0.153. The smallest absolute Gasteiger partial charge is 0.325 e. The van der Waals surface area contributed by atoms with E-state index in [4.69, 9.17) is 0 Å². The molecular formula is C25H26N2O4. The first-order valence-electron chi connectivity index (χ1n) is 10.5. The second-order valence-electron chi connectivity index (χ2n) is 8.52. The minimum absolute atomic E-state index is 0.147. The summed E-state index contributed by atoms with van der Waals surface area (Å²) in [4.78, 5) is 40.5. The van der Waals surface area contributed by atoms with Crippen LogP contribution < -0.4 is 5.32 Å². The maximum atomic E-state index is 13.4. The number of hydrogen-bond acceptors (Lipinski definition) is 4. The molecule has 2 fully saturated rings. The second kappa shape index (κ2) is 8.12. The number of fused-ring (bicyclic) bond motifs is 1. The molecule has 2 aliphatic heterocycles. The molecule has 2 aromatic rings. The average molecular weight is 418 g/mol. The van der Waals surface area contributed by atoms with Gasteiger partial charge in [0.2, 0.25) is 11.8 Å². The predicted molar refractivity (Wildman–Crippen MR) is 117 cm³/mol. The fourth-order valence-electron chi connectivity index (χ4n) is 4.88. The summed E-state index contributed by atoms with van der Waals surface area (Å²) in [5.74, 6) is -3.94. The van der Waals surface area contributed by atoms with Gasteiger partial charge in [-0.2, -0.15) is 0 Å². The third-order valence-corrected chi connectivity index (χ3v) is 6.47. The van der Waals surface area contributed by atoms with Gasteiger partial charge in [-0.15, -0.1) is 0 Å². The topological polar surface area (TPSA) is 86.7 Å². The van der Waals surface area contributed by atoms with Crippen LogP contribution in [0.25, 0.3) is 6.08 Å². The number of rotatable bonds is 6. The van der Waals surface area contributed by atoms with Crippen LogP contribution in [0.3, 0.4) is 0 Å². The average Bonchev–Trinajstić information content (AvgIpc) is 3.24. The number of imide groups is 1. The number of nitrogens with one attached hydrogen (secondary N) is 1. The van der Waals surface area contributed by atoms with Gasteiger partial charge in [0, 0.05) is 6.04 Å². The number of hydrogen-bond donors (Lipinski definition) is 2. The summed E-state index contributed by atoms with van der Waals surface area (Å²) in [5.41, 5.74) is 0.268. The third kappa shape index (κ3) is 3.47. The van der Waals surface area contributed by atoms with Gasteiger partial charge in [-0.3, -0.25) is 24.6 Å². The quantitative estimate of drug-likeness (QED) is 0.705. The summed E-state index contributed by atoms with van der Waals surface area (Å²) in [7, 11) is 0. The van der Waals surface area contributed by atoms with Crippen molar-refractivity contribution in [2.45, 2.75) is 32.0 Å². The molecular weight excluding hydrogens is 392 g/mol. The van der Waals surface area contributed by atoms with E-state index >= 15 is 0 Å². The molecule has 0 aromatic heterocycles. The van der Waals surface area contributed by atoms with Crippen molar-refractivity contribution in [2.75, 3.05) is 0 Å². The lowest BCUT2D eigenvalue weighted by Crippen LogP contribution is -2.59. The van der Waals surface area contributed by atoms with Gasteiger partial charge in [0.25, 0.3) is 0 Å². The van der Waals surface area contributed by atoms with Crippen molar-refractivity contribution in [1.82, 2.24) is 10.2 Å². The Morgan fingerprint density at radius 2 is 1.68 bits per heavy atom. The first-order chi connectivity index (χ1) is 14.9. The highest BCUT2D eigenvalue weighted by Gasteiger charge is 2.68. The van der Waals surface area contributed by atoms with E-state index in [0.717, 1.165) is 11.1 Å². The van der Waals surface area contributed by atoms with Crippen LogP contribution in [0.2, 0.25) is 0 Å². The normalized spacial score (nSPS) is 28.0. The predicted octanol–water partition coefficient (Wildman–Crippen LogP) is 2.95. The van der Waals surface area contributed by atoms with Crippen molar-refractivity contribution in [2.24, 2.45) is 17.8 Å². The molecule has 31 heavy (non-hydrogen) atoms. The molecule has 0 spiro atoms. The number of benzene rings is 2. The number of carbonyl (C=O) groups is 3. The first-order valence-corrected chi connectivity index (χ1v) is 10.5. The van der Waals surface area contributed by atoms with E-state index < -0.39 is 35.3 Å². The fourth-order valence-corrected chi connectivity index (χ4v) is 4.88. The van der Waals surface area contributed by atoms with E-state index in [1.165, 1.54) is 4.90 Å². The highest BCUT2D eigenvalue weighted by molar-refractivity contribution is 6.09. The second-order valence-corrected chi connectivity index (χ2v) is 8.52. The maximum absolute atomic E-state index is 13.4. The molecule has 4 atom stereocenters. The van der Waals surface area contributed by atoms with Gasteiger partial charge >= 0.3 is 5.97 Å². The van der Waals surface area contributed by atoms with Crippen LogP contribution in [0.1, 0.15) is 25.0 Å². The Labute approximate surface area is 181 Å². The SMILES string of the molecule is CC(C)C1(C(=O)O)NC(C=Cc2ccccc2)C2C(=O)N(Cc3ccccc3)C(=O)C21. The molecule has 0 radical (unpaired) electrons. The number of carbonyl (C=O) groups excluding carboxylic acids is 2. The molecule has 2 N–H and O–H groups in total. The molecule has 0 saturated carbocycles. The fraction of sp³-hybridized carbons (Fsp3) is 0.320. The van der Waals surface area contributed by atoms with E-state index in [1.807, 2.05) is 72.8 Å². The zero-order valence-electron chi connectivity index (χ0n) is 17.6. The van der Waals surface area contributed by atoms with Crippen molar-refractivity contribution >= 4 is 23.9 Å². The Hall–Kier alpha value is -3.25. The number of nitrogens with zero attached hydrogens (tertiary/aromatic N) is 1. The van der Waals surface area contributed by atoms with Crippen LogP contribution in [0.5, 0.6) is 0 Å². The van der Waals surface area contributed by atoms with E-state index in [-0.39, 0.29) is 18.4 Å². The minimum atomic E-state index is -1.51. The molecule has 0 aliphatic carbocycles. The molecule has 4 unspecified atom stereocenters. The Morgan fingerprint density at radius 1 is 1.06 bits per heavy atom. The van der Waals surface area contributed by atoms with E-state index in [0.29, 0.717) is 0 Å². The summed E-state index contributed by atoms with van der Waals surface area (Å²) in [6.45, 7) is 3.70. The molecule has 0 bridgehead atoms. The van der Waals surface area contributed by atoms with Gasteiger partial charge in [0.05, 0.1) is 18.4 Å². The number of aliphatic carboxylic acids is 1. The summed E-state index contributed by atoms with van der Waals surface area (Å²) in [5, 5.41) is 13.4. The van der Waals surface area contributed by atoms with Crippen molar-refractivity contribution in [3.63, 3.8) is 0 Å². The molecule has 2 heterocycles. The maximum Gasteiger partial charge on any atom is 0.325 e. The largest absolute Gasteiger partial charge is 0.480 e. The van der Waals surface area contributed by atoms with E-state index in [9.17, 15) is 19.5 Å². The van der Waals surface area contributed by atoms with E-state index in [1.54, 1.807) is 13.8 Å². The Kier molecular flexibility index (Phi) is 5.50. The number of amides is 2. The summed E-state index contributed by atoms with van der Waals surface area (Å²) in [6.07, 6.45) is 3.68. The number of carboxylic acids is 1. The standard InChI is InChI=1S/C25H26N2O4/c1-16(2)25(24(30)31)21-20(19(26-25)14-13-17-9-5-3-6-10-17)22(28)27(23(21)29)15-18-11-7-4-8-12-18/h3-14,16,19-21,26H,15H2,1-2H3,(H,30,31). The summed E-state index contributed by atoms with van der Waals surface area (Å²) < 4.78 is 0. The first kappa shape index (κ1) is 21.0. The molecule has 2 aromatic carbocycles. The van der Waals surface area contributed by atoms with Crippen LogP contribution in [0, 0.1) is 17.8 Å². The van der Waals surface area contributed by atoms with E-state index in [2.05, 4.69) is 5.32 Å². The van der Waals surface area contributed by atoms with Crippen molar-refractivity contribution < 1.29 is 19.5 Å². The van der Waals surface area contributed by atoms with Crippen LogP contribution >= 0.6 is 0 Å².